The van der Waals surface area contributed by atoms with Gasteiger partial charge < -0.3 is 0 Å². The minimum atomic E-state index is -0.712. The molecular formula is C13H6FN3O4. The average molecular weight is 287 g/mol. The van der Waals surface area contributed by atoms with Gasteiger partial charge in [-0.15, -0.1) is 0 Å². The molecule has 0 saturated carbocycles. The topological polar surface area (TPSA) is 93.4 Å². The first-order valence-electron chi connectivity index (χ1n) is 5.78. The van der Waals surface area contributed by atoms with E-state index in [0.29, 0.717) is 0 Å². The molecule has 0 atom stereocenters. The zero-order valence-corrected chi connectivity index (χ0v) is 10.3. The molecule has 2 amide bonds. The number of hydrogen-bond acceptors (Lipinski definition) is 5. The number of halogens is 1. The van der Waals surface area contributed by atoms with Gasteiger partial charge in [-0.05, 0) is 24.3 Å². The number of rotatable bonds is 2. The molecule has 8 heteroatoms. The number of imide groups is 1. The smallest absolute Gasteiger partial charge is 0.268 e. The molecule has 104 valence electrons. The molecule has 1 aliphatic rings. The highest BCUT2D eigenvalue weighted by Crippen LogP contribution is 2.28. The van der Waals surface area contributed by atoms with Crippen molar-refractivity contribution in [3.05, 3.63) is 63.6 Å². The quantitative estimate of drug-likeness (QED) is 0.478. The molecule has 0 bridgehead atoms. The number of amides is 2. The summed E-state index contributed by atoms with van der Waals surface area (Å²) in [5.74, 6) is -2.03. The number of anilines is 1. The van der Waals surface area contributed by atoms with Crippen molar-refractivity contribution in [1.82, 2.24) is 4.98 Å². The Morgan fingerprint density at radius 3 is 2.43 bits per heavy atom. The maximum Gasteiger partial charge on any atom is 0.287 e. The Kier molecular flexibility index (Phi) is 2.72. The Hall–Kier alpha value is -3.16. The van der Waals surface area contributed by atoms with Gasteiger partial charge >= 0.3 is 0 Å². The minimum absolute atomic E-state index is 0.0489. The number of carbonyl (C=O) groups is 2. The van der Waals surface area contributed by atoms with Crippen molar-refractivity contribution in [3.63, 3.8) is 0 Å². The second-order valence-corrected chi connectivity index (χ2v) is 4.27. The zero-order chi connectivity index (χ0) is 15.1. The van der Waals surface area contributed by atoms with Crippen molar-refractivity contribution in [3.8, 4) is 0 Å². The lowest BCUT2D eigenvalue weighted by Gasteiger charge is -2.11. The Morgan fingerprint density at radius 1 is 1.10 bits per heavy atom. The molecule has 1 aliphatic heterocycles. The Bertz CT molecular complexity index is 789. The lowest BCUT2D eigenvalue weighted by Crippen LogP contribution is -2.30. The van der Waals surface area contributed by atoms with Gasteiger partial charge in [0, 0.05) is 6.07 Å². The summed E-state index contributed by atoms with van der Waals surface area (Å²) in [6.07, 6.45) is 0.944. The summed E-state index contributed by atoms with van der Waals surface area (Å²) in [5.41, 5.74) is -0.247. The predicted molar refractivity (Wildman–Crippen MR) is 68.4 cm³/mol. The Labute approximate surface area is 116 Å². The van der Waals surface area contributed by atoms with E-state index >= 15 is 0 Å². The normalized spacial score (nSPS) is 13.5. The van der Waals surface area contributed by atoms with Crippen LogP contribution in [0.5, 0.6) is 0 Å². The van der Waals surface area contributed by atoms with Gasteiger partial charge in [-0.3, -0.25) is 19.7 Å². The van der Waals surface area contributed by atoms with Crippen molar-refractivity contribution >= 4 is 23.3 Å². The third-order valence-electron chi connectivity index (χ3n) is 3.02. The second kappa shape index (κ2) is 4.44. The molecule has 0 fully saturated rings. The van der Waals surface area contributed by atoms with Crippen LogP contribution in [0.15, 0.2) is 36.5 Å². The third-order valence-corrected chi connectivity index (χ3v) is 3.02. The van der Waals surface area contributed by atoms with Crippen molar-refractivity contribution in [2.45, 2.75) is 0 Å². The van der Waals surface area contributed by atoms with E-state index in [4.69, 9.17) is 0 Å². The van der Waals surface area contributed by atoms with Gasteiger partial charge in [0.05, 0.1) is 16.1 Å². The molecule has 21 heavy (non-hydrogen) atoms. The number of hydrogen-bond donors (Lipinski definition) is 0. The van der Waals surface area contributed by atoms with Gasteiger partial charge in [-0.2, -0.15) is 0 Å². The van der Waals surface area contributed by atoms with Gasteiger partial charge in [-0.1, -0.05) is 0 Å². The SMILES string of the molecule is O=C1c2ccc(F)cc2C(=O)N1c1ccc([N+](=O)[O-])cn1. The summed E-state index contributed by atoms with van der Waals surface area (Å²) in [5, 5.41) is 10.6. The second-order valence-electron chi connectivity index (χ2n) is 4.27. The number of carbonyl (C=O) groups excluding carboxylic acids is 2. The number of aromatic nitrogens is 1. The van der Waals surface area contributed by atoms with Crippen LogP contribution in [-0.2, 0) is 0 Å². The molecule has 0 radical (unpaired) electrons. The summed E-state index contributed by atoms with van der Waals surface area (Å²) in [7, 11) is 0. The van der Waals surface area contributed by atoms with Crippen LogP contribution in [0.2, 0.25) is 0 Å². The van der Waals surface area contributed by atoms with Crippen LogP contribution in [0.25, 0.3) is 0 Å². The number of nitro groups is 1. The van der Waals surface area contributed by atoms with Crippen LogP contribution < -0.4 is 4.90 Å². The average Bonchev–Trinajstić information content (AvgIpc) is 2.70. The highest BCUT2D eigenvalue weighted by atomic mass is 19.1. The first-order valence-corrected chi connectivity index (χ1v) is 5.78. The van der Waals surface area contributed by atoms with E-state index in [1.54, 1.807) is 0 Å². The summed E-state index contributed by atoms with van der Waals surface area (Å²) in [6, 6.07) is 5.59. The van der Waals surface area contributed by atoms with Crippen LogP contribution >= 0.6 is 0 Å². The predicted octanol–water partition coefficient (Wildman–Crippen LogP) is 1.93. The number of fused-ring (bicyclic) bond motifs is 1. The van der Waals surface area contributed by atoms with Gasteiger partial charge in [0.1, 0.15) is 17.8 Å². The van der Waals surface area contributed by atoms with E-state index in [1.807, 2.05) is 0 Å². The fourth-order valence-corrected chi connectivity index (χ4v) is 2.04. The van der Waals surface area contributed by atoms with E-state index in [1.165, 1.54) is 12.1 Å². The fraction of sp³-hybridized carbons (Fsp3) is 0. The van der Waals surface area contributed by atoms with Crippen molar-refractivity contribution in [1.29, 1.82) is 0 Å². The monoisotopic (exact) mass is 287 g/mol. The van der Waals surface area contributed by atoms with Crippen LogP contribution in [0, 0.1) is 15.9 Å². The molecule has 0 spiro atoms. The van der Waals surface area contributed by atoms with Crippen LogP contribution in [0.1, 0.15) is 20.7 Å². The summed E-state index contributed by atoms with van der Waals surface area (Å²) < 4.78 is 13.2. The molecule has 7 nitrogen and oxygen atoms in total. The van der Waals surface area contributed by atoms with Crippen molar-refractivity contribution in [2.24, 2.45) is 0 Å². The standard InChI is InChI=1S/C13H6FN3O4/c14-7-1-3-9-10(5-7)13(19)16(12(9)18)11-4-2-8(6-15-11)17(20)21/h1-6H. The minimum Gasteiger partial charge on any atom is -0.268 e. The highest BCUT2D eigenvalue weighted by molar-refractivity contribution is 6.34. The summed E-state index contributed by atoms with van der Waals surface area (Å²) in [6.45, 7) is 0. The van der Waals surface area contributed by atoms with E-state index in [-0.39, 0.29) is 22.6 Å². The number of benzene rings is 1. The molecule has 0 saturated heterocycles. The van der Waals surface area contributed by atoms with E-state index in [9.17, 15) is 24.1 Å². The molecule has 2 heterocycles. The van der Waals surface area contributed by atoms with Crippen molar-refractivity contribution < 1.29 is 18.9 Å². The number of pyridine rings is 1. The van der Waals surface area contributed by atoms with Crippen LogP contribution in [-0.4, -0.2) is 21.7 Å². The van der Waals surface area contributed by atoms with Gasteiger partial charge in [-0.25, -0.2) is 14.3 Å². The molecule has 1 aromatic carbocycles. The molecule has 1 aromatic heterocycles. The van der Waals surface area contributed by atoms with Gasteiger partial charge in [0.25, 0.3) is 17.5 Å². The van der Waals surface area contributed by atoms with Crippen molar-refractivity contribution in [2.75, 3.05) is 4.90 Å². The molecule has 0 aliphatic carbocycles. The summed E-state index contributed by atoms with van der Waals surface area (Å²) >= 11 is 0. The van der Waals surface area contributed by atoms with E-state index < -0.39 is 22.6 Å². The third kappa shape index (κ3) is 1.93. The molecule has 0 unspecified atom stereocenters. The Balaban J connectivity index is 2.03. The molecule has 2 aromatic rings. The van der Waals surface area contributed by atoms with Crippen LogP contribution in [0.3, 0.4) is 0 Å². The first-order chi connectivity index (χ1) is 9.99. The molecule has 3 rings (SSSR count). The number of nitrogens with zero attached hydrogens (tertiary/aromatic N) is 3. The molecule has 0 N–H and O–H groups in total. The maximum atomic E-state index is 13.2. The first kappa shape index (κ1) is 12.9. The Morgan fingerprint density at radius 2 is 1.81 bits per heavy atom. The fourth-order valence-electron chi connectivity index (χ4n) is 2.04. The van der Waals surface area contributed by atoms with E-state index in [2.05, 4.69) is 4.98 Å². The highest BCUT2D eigenvalue weighted by Gasteiger charge is 2.37. The van der Waals surface area contributed by atoms with E-state index in [0.717, 1.165) is 29.3 Å². The molecular weight excluding hydrogens is 281 g/mol. The lowest BCUT2D eigenvalue weighted by atomic mass is 10.1. The maximum absolute atomic E-state index is 13.2. The largest absolute Gasteiger partial charge is 0.287 e. The lowest BCUT2D eigenvalue weighted by molar-refractivity contribution is -0.385. The summed E-state index contributed by atoms with van der Waals surface area (Å²) in [4.78, 5) is 38.7. The van der Waals surface area contributed by atoms with Gasteiger partial charge in [0.2, 0.25) is 0 Å². The zero-order valence-electron chi connectivity index (χ0n) is 10.3. The van der Waals surface area contributed by atoms with Crippen LogP contribution in [0.4, 0.5) is 15.9 Å². The van der Waals surface area contributed by atoms with Gasteiger partial charge in [0.15, 0.2) is 0 Å².